The third kappa shape index (κ3) is 5.33. The van der Waals surface area contributed by atoms with Gasteiger partial charge in [-0.3, -0.25) is 14.2 Å². The number of nitrogens with zero attached hydrogens (tertiary/aromatic N) is 3. The van der Waals surface area contributed by atoms with E-state index in [0.717, 1.165) is 11.1 Å². The maximum absolute atomic E-state index is 13.3. The van der Waals surface area contributed by atoms with Gasteiger partial charge in [0.25, 0.3) is 11.5 Å². The maximum Gasteiger partial charge on any atom is 0.266 e. The molecule has 0 unspecified atom stereocenters. The van der Waals surface area contributed by atoms with Crippen molar-refractivity contribution < 1.29 is 4.79 Å². The molecular formula is C25H20Cl2N4O2S. The van der Waals surface area contributed by atoms with Crippen LogP contribution in [-0.4, -0.2) is 26.9 Å². The van der Waals surface area contributed by atoms with Gasteiger partial charge in [0, 0.05) is 0 Å². The monoisotopic (exact) mass is 510 g/mol. The summed E-state index contributed by atoms with van der Waals surface area (Å²) in [5.41, 5.74) is 6.01. The first kappa shape index (κ1) is 24.0. The molecule has 0 saturated heterocycles. The Labute approximate surface area is 210 Å². The van der Waals surface area contributed by atoms with Crippen molar-refractivity contribution >= 4 is 57.5 Å². The van der Waals surface area contributed by atoms with Gasteiger partial charge in [0.1, 0.15) is 0 Å². The lowest BCUT2D eigenvalue weighted by Crippen LogP contribution is -2.24. The molecule has 172 valence electrons. The maximum atomic E-state index is 13.3. The third-order valence-corrected chi connectivity index (χ3v) is 6.73. The van der Waals surface area contributed by atoms with Gasteiger partial charge in [0.2, 0.25) is 0 Å². The number of aromatic nitrogens is 2. The Kier molecular flexibility index (Phi) is 7.36. The van der Waals surface area contributed by atoms with Crippen LogP contribution < -0.4 is 11.0 Å². The fourth-order valence-corrected chi connectivity index (χ4v) is 4.33. The largest absolute Gasteiger partial charge is 0.272 e. The van der Waals surface area contributed by atoms with Crippen LogP contribution in [0, 0.1) is 6.92 Å². The highest BCUT2D eigenvalue weighted by Crippen LogP contribution is 2.23. The van der Waals surface area contributed by atoms with Crippen LogP contribution in [0.15, 0.2) is 81.8 Å². The second-order valence-corrected chi connectivity index (χ2v) is 9.29. The van der Waals surface area contributed by atoms with Crippen LogP contribution >= 0.6 is 35.0 Å². The summed E-state index contributed by atoms with van der Waals surface area (Å²) < 4.78 is 1.53. The lowest BCUT2D eigenvalue weighted by Gasteiger charge is -2.13. The van der Waals surface area contributed by atoms with Crippen molar-refractivity contribution in [3.63, 3.8) is 0 Å². The minimum absolute atomic E-state index is 0.0226. The zero-order chi connectivity index (χ0) is 24.2. The lowest BCUT2D eigenvalue weighted by molar-refractivity contribution is -0.118. The second-order valence-electron chi connectivity index (χ2n) is 7.54. The van der Waals surface area contributed by atoms with E-state index in [9.17, 15) is 9.59 Å². The molecule has 0 radical (unpaired) electrons. The normalized spacial score (nSPS) is 11.6. The number of carbonyl (C=O) groups excluding carboxylic acids is 1. The number of para-hydroxylation sites is 1. The molecule has 4 rings (SSSR count). The first-order valence-corrected chi connectivity index (χ1v) is 12.1. The van der Waals surface area contributed by atoms with Crippen molar-refractivity contribution in [2.45, 2.75) is 19.0 Å². The minimum Gasteiger partial charge on any atom is -0.272 e. The molecule has 6 nitrogen and oxygen atoms in total. The smallest absolute Gasteiger partial charge is 0.266 e. The summed E-state index contributed by atoms with van der Waals surface area (Å²) >= 11 is 13.2. The van der Waals surface area contributed by atoms with Crippen LogP contribution in [0.1, 0.15) is 18.1 Å². The summed E-state index contributed by atoms with van der Waals surface area (Å²) in [6.07, 6.45) is 0. The second kappa shape index (κ2) is 10.4. The van der Waals surface area contributed by atoms with E-state index in [1.165, 1.54) is 16.3 Å². The average Bonchev–Trinajstić information content (AvgIpc) is 2.84. The van der Waals surface area contributed by atoms with E-state index in [1.54, 1.807) is 43.3 Å². The van der Waals surface area contributed by atoms with E-state index >= 15 is 0 Å². The van der Waals surface area contributed by atoms with Gasteiger partial charge in [0.05, 0.1) is 38.1 Å². The van der Waals surface area contributed by atoms with Gasteiger partial charge in [-0.2, -0.15) is 5.10 Å². The summed E-state index contributed by atoms with van der Waals surface area (Å²) in [4.78, 5) is 30.4. The molecule has 0 atom stereocenters. The number of nitrogens with one attached hydrogen (secondary N) is 1. The molecule has 3 aromatic carbocycles. The van der Waals surface area contributed by atoms with Crippen LogP contribution in [0.25, 0.3) is 16.6 Å². The number of aryl methyl sites for hydroxylation is 1. The summed E-state index contributed by atoms with van der Waals surface area (Å²) in [7, 11) is 0. The van der Waals surface area contributed by atoms with Crippen LogP contribution in [0.4, 0.5) is 0 Å². The van der Waals surface area contributed by atoms with E-state index in [1.807, 2.05) is 37.3 Å². The van der Waals surface area contributed by atoms with E-state index in [-0.39, 0.29) is 17.2 Å². The van der Waals surface area contributed by atoms with Crippen molar-refractivity contribution in [1.82, 2.24) is 15.0 Å². The Morgan fingerprint density at radius 2 is 1.79 bits per heavy atom. The van der Waals surface area contributed by atoms with Crippen molar-refractivity contribution in [3.05, 3.63) is 98.3 Å². The number of rotatable bonds is 6. The fourth-order valence-electron chi connectivity index (χ4n) is 3.23. The van der Waals surface area contributed by atoms with Gasteiger partial charge < -0.3 is 0 Å². The van der Waals surface area contributed by atoms with Gasteiger partial charge in [-0.05, 0) is 55.8 Å². The SMILES string of the molecule is C/C(=N\NC(=O)CSc1nc2ccccc2c(=O)n1-c1ccc(C)cc1)c1ccc(Cl)c(Cl)c1. The van der Waals surface area contributed by atoms with Gasteiger partial charge in [-0.15, -0.1) is 0 Å². The van der Waals surface area contributed by atoms with E-state index in [4.69, 9.17) is 23.2 Å². The highest BCUT2D eigenvalue weighted by atomic mass is 35.5. The molecule has 0 aliphatic rings. The molecule has 0 saturated carbocycles. The number of hydrogen-bond donors (Lipinski definition) is 1. The zero-order valence-electron chi connectivity index (χ0n) is 18.4. The molecule has 0 bridgehead atoms. The van der Waals surface area contributed by atoms with E-state index in [0.29, 0.717) is 37.5 Å². The van der Waals surface area contributed by atoms with Crippen molar-refractivity contribution in [3.8, 4) is 5.69 Å². The summed E-state index contributed by atoms with van der Waals surface area (Å²) in [5.74, 6) is -0.309. The number of amides is 1. The Morgan fingerprint density at radius 1 is 1.06 bits per heavy atom. The van der Waals surface area contributed by atoms with Crippen LogP contribution in [0.5, 0.6) is 0 Å². The Bertz CT molecular complexity index is 1470. The first-order valence-electron chi connectivity index (χ1n) is 10.3. The van der Waals surface area contributed by atoms with Crippen molar-refractivity contribution in [2.75, 3.05) is 5.75 Å². The van der Waals surface area contributed by atoms with Crippen LogP contribution in [0.2, 0.25) is 10.0 Å². The standard InChI is InChI=1S/C25H20Cl2N4O2S/c1-15-7-10-18(11-8-15)31-24(33)19-5-3-4-6-22(19)28-25(31)34-14-23(32)30-29-16(2)17-9-12-20(26)21(27)13-17/h3-13H,14H2,1-2H3,(H,30,32)/b29-16+. The van der Waals surface area contributed by atoms with Gasteiger partial charge in [-0.25, -0.2) is 10.4 Å². The summed E-state index contributed by atoms with van der Waals surface area (Å²) in [6, 6.07) is 19.9. The number of thioether (sulfide) groups is 1. The van der Waals surface area contributed by atoms with Gasteiger partial charge >= 0.3 is 0 Å². The number of carbonyl (C=O) groups is 1. The molecule has 34 heavy (non-hydrogen) atoms. The summed E-state index contributed by atoms with van der Waals surface area (Å²) in [5, 5.41) is 5.94. The molecule has 0 spiro atoms. The molecule has 1 N–H and O–H groups in total. The van der Waals surface area contributed by atoms with E-state index < -0.39 is 0 Å². The topological polar surface area (TPSA) is 76.3 Å². The number of halogens is 2. The van der Waals surface area contributed by atoms with Crippen molar-refractivity contribution in [1.29, 1.82) is 0 Å². The number of hydrazone groups is 1. The highest BCUT2D eigenvalue weighted by molar-refractivity contribution is 7.99. The summed E-state index contributed by atoms with van der Waals surface area (Å²) in [6.45, 7) is 3.73. The molecule has 1 aromatic heterocycles. The molecule has 9 heteroatoms. The lowest BCUT2D eigenvalue weighted by atomic mass is 10.1. The molecule has 1 heterocycles. The molecule has 0 aliphatic carbocycles. The molecule has 0 fully saturated rings. The average molecular weight is 511 g/mol. The Hall–Kier alpha value is -3.13. The minimum atomic E-state index is -0.331. The predicted octanol–water partition coefficient (Wildman–Crippen LogP) is 5.63. The molecule has 4 aromatic rings. The van der Waals surface area contributed by atoms with E-state index in [2.05, 4.69) is 15.5 Å². The zero-order valence-corrected chi connectivity index (χ0v) is 20.7. The number of benzene rings is 3. The third-order valence-electron chi connectivity index (χ3n) is 5.06. The Balaban J connectivity index is 1.57. The highest BCUT2D eigenvalue weighted by Gasteiger charge is 2.15. The molecule has 1 amide bonds. The first-order chi connectivity index (χ1) is 16.3. The number of fused-ring (bicyclic) bond motifs is 1. The van der Waals surface area contributed by atoms with Crippen LogP contribution in [-0.2, 0) is 4.79 Å². The van der Waals surface area contributed by atoms with Gasteiger partial charge in [-0.1, -0.05) is 70.9 Å². The Morgan fingerprint density at radius 3 is 2.53 bits per heavy atom. The number of hydrogen-bond acceptors (Lipinski definition) is 5. The quantitative estimate of drug-likeness (QED) is 0.158. The van der Waals surface area contributed by atoms with Gasteiger partial charge in [0.15, 0.2) is 5.16 Å². The fraction of sp³-hybridized carbons (Fsp3) is 0.120. The van der Waals surface area contributed by atoms with Crippen molar-refractivity contribution in [2.24, 2.45) is 5.10 Å². The van der Waals surface area contributed by atoms with Crippen LogP contribution in [0.3, 0.4) is 0 Å². The predicted molar refractivity (Wildman–Crippen MR) is 140 cm³/mol. The molecular weight excluding hydrogens is 491 g/mol. The molecule has 0 aliphatic heterocycles.